The van der Waals surface area contributed by atoms with Crippen LogP contribution < -0.4 is 5.73 Å². The maximum Gasteiger partial charge on any atom is 0.190 e. The Morgan fingerprint density at radius 3 is 2.93 bits per heavy atom. The number of nitrogens with zero attached hydrogens (tertiary/aromatic N) is 3. The topological polar surface area (TPSA) is 80.6 Å². The van der Waals surface area contributed by atoms with Gasteiger partial charge in [-0.2, -0.15) is 0 Å². The lowest BCUT2D eigenvalue weighted by molar-refractivity contribution is 0.609. The lowest BCUT2D eigenvalue weighted by Crippen LogP contribution is -2.18. The molecule has 0 atom stereocenters. The zero-order valence-corrected chi connectivity index (χ0v) is 9.55. The summed E-state index contributed by atoms with van der Waals surface area (Å²) in [6, 6.07) is 0. The summed E-state index contributed by atoms with van der Waals surface area (Å²) in [4.78, 5) is 0. The first-order valence-electron chi connectivity index (χ1n) is 4.91. The maximum absolute atomic E-state index is 7.32. The second kappa shape index (κ2) is 3.84. The van der Waals surface area contributed by atoms with Gasteiger partial charge in [-0.05, 0) is 18.3 Å². The second-order valence-electron chi connectivity index (χ2n) is 4.22. The van der Waals surface area contributed by atoms with E-state index in [0.717, 1.165) is 17.3 Å². The number of thioether (sulfide) groups is 1. The van der Waals surface area contributed by atoms with Crippen molar-refractivity contribution < 1.29 is 0 Å². The van der Waals surface area contributed by atoms with Crippen LogP contribution >= 0.6 is 11.8 Å². The number of amidine groups is 1. The van der Waals surface area contributed by atoms with Crippen LogP contribution in [-0.2, 0) is 7.05 Å². The highest BCUT2D eigenvalue weighted by Gasteiger charge is 2.43. The highest BCUT2D eigenvalue weighted by Crippen LogP contribution is 2.51. The molecule has 1 aliphatic carbocycles. The third-order valence-electron chi connectivity index (χ3n) is 2.70. The van der Waals surface area contributed by atoms with Gasteiger partial charge in [0.15, 0.2) is 5.16 Å². The second-order valence-corrected chi connectivity index (χ2v) is 5.16. The van der Waals surface area contributed by atoms with Gasteiger partial charge in [-0.25, -0.2) is 0 Å². The number of rotatable bonds is 5. The molecular weight excluding hydrogens is 210 g/mol. The van der Waals surface area contributed by atoms with Crippen LogP contribution in [-0.4, -0.2) is 26.4 Å². The van der Waals surface area contributed by atoms with Crippen LogP contribution in [0.3, 0.4) is 0 Å². The highest BCUT2D eigenvalue weighted by molar-refractivity contribution is 7.99. The molecule has 0 spiro atoms. The van der Waals surface area contributed by atoms with E-state index in [1.165, 1.54) is 12.8 Å². The summed E-state index contributed by atoms with van der Waals surface area (Å²) >= 11 is 1.70. The van der Waals surface area contributed by atoms with Crippen LogP contribution in [0.5, 0.6) is 0 Å². The third-order valence-corrected chi connectivity index (χ3v) is 4.08. The molecule has 82 valence electrons. The summed E-state index contributed by atoms with van der Waals surface area (Å²) in [7, 11) is 1.94. The van der Waals surface area contributed by atoms with E-state index in [0.29, 0.717) is 5.84 Å². The first-order valence-corrected chi connectivity index (χ1v) is 5.90. The van der Waals surface area contributed by atoms with Crippen LogP contribution in [0.1, 0.15) is 19.3 Å². The Balaban J connectivity index is 1.88. The summed E-state index contributed by atoms with van der Waals surface area (Å²) in [5.74, 6) is 1.28. The molecule has 0 aromatic carbocycles. The highest BCUT2D eigenvalue weighted by atomic mass is 32.2. The molecule has 3 N–H and O–H groups in total. The minimum absolute atomic E-state index is 0.266. The fraction of sp³-hybridized carbons (Fsp3) is 0.667. The first-order chi connectivity index (χ1) is 7.11. The predicted octanol–water partition coefficient (Wildman–Crippen LogP) is 1.01. The average Bonchev–Trinajstić information content (AvgIpc) is 2.78. The summed E-state index contributed by atoms with van der Waals surface area (Å²) in [6.07, 6.45) is 4.78. The average molecular weight is 225 g/mol. The standard InChI is InChI=1S/C9H15N5S/c1-14-6-12-13-8(14)15-5-9(2-3-9)4-7(10)11/h6H,2-5H2,1H3,(H3,10,11). The van der Waals surface area contributed by atoms with Gasteiger partial charge in [0.05, 0.1) is 5.84 Å². The van der Waals surface area contributed by atoms with E-state index < -0.39 is 0 Å². The monoisotopic (exact) mass is 225 g/mol. The summed E-state index contributed by atoms with van der Waals surface area (Å²) < 4.78 is 1.91. The van der Waals surface area contributed by atoms with Crippen LogP contribution in [0.2, 0.25) is 0 Å². The molecular formula is C9H15N5S. The predicted molar refractivity (Wildman–Crippen MR) is 59.9 cm³/mol. The zero-order valence-electron chi connectivity index (χ0n) is 8.73. The Labute approximate surface area is 93.0 Å². The Morgan fingerprint density at radius 2 is 2.47 bits per heavy atom. The van der Waals surface area contributed by atoms with Gasteiger partial charge in [0.1, 0.15) is 6.33 Å². The summed E-state index contributed by atoms with van der Waals surface area (Å²) in [5.41, 5.74) is 5.70. The minimum atomic E-state index is 0.266. The number of aryl methyl sites for hydroxylation is 1. The van der Waals surface area contributed by atoms with E-state index >= 15 is 0 Å². The maximum atomic E-state index is 7.32. The van der Waals surface area contributed by atoms with Crippen LogP contribution in [0.15, 0.2) is 11.5 Å². The number of nitrogens with one attached hydrogen (secondary N) is 1. The van der Waals surface area contributed by atoms with E-state index in [1.807, 2.05) is 11.6 Å². The molecule has 1 aromatic rings. The van der Waals surface area contributed by atoms with Gasteiger partial charge in [0.2, 0.25) is 0 Å². The van der Waals surface area contributed by atoms with Crippen molar-refractivity contribution >= 4 is 17.6 Å². The molecule has 1 aromatic heterocycles. The molecule has 0 aliphatic heterocycles. The van der Waals surface area contributed by atoms with E-state index in [1.54, 1.807) is 18.1 Å². The SMILES string of the molecule is Cn1cnnc1SCC1(CC(=N)N)CC1. The minimum Gasteiger partial charge on any atom is -0.388 e. The van der Waals surface area contributed by atoms with E-state index in [-0.39, 0.29) is 5.41 Å². The number of aromatic nitrogens is 3. The van der Waals surface area contributed by atoms with Gasteiger partial charge in [0, 0.05) is 19.2 Å². The largest absolute Gasteiger partial charge is 0.388 e. The first kappa shape index (κ1) is 10.5. The Morgan fingerprint density at radius 1 is 1.73 bits per heavy atom. The lowest BCUT2D eigenvalue weighted by Gasteiger charge is -2.12. The van der Waals surface area contributed by atoms with Crippen molar-refractivity contribution in [2.45, 2.75) is 24.4 Å². The Hall–Kier alpha value is -1.04. The number of hydrogen-bond donors (Lipinski definition) is 2. The molecule has 0 bridgehead atoms. The quantitative estimate of drug-likeness (QED) is 0.445. The van der Waals surface area contributed by atoms with Crippen molar-refractivity contribution in [2.75, 3.05) is 5.75 Å². The van der Waals surface area contributed by atoms with Crippen LogP contribution in [0.4, 0.5) is 0 Å². The normalized spacial score (nSPS) is 17.7. The fourth-order valence-electron chi connectivity index (χ4n) is 1.57. The van der Waals surface area contributed by atoms with Gasteiger partial charge in [-0.15, -0.1) is 10.2 Å². The fourth-order valence-corrected chi connectivity index (χ4v) is 2.76. The molecule has 0 amide bonds. The van der Waals surface area contributed by atoms with Crippen LogP contribution in [0, 0.1) is 10.8 Å². The summed E-state index contributed by atoms with van der Waals surface area (Å²) in [5, 5.41) is 16.1. The van der Waals surface area contributed by atoms with Crippen molar-refractivity contribution in [3.05, 3.63) is 6.33 Å². The van der Waals surface area contributed by atoms with E-state index in [9.17, 15) is 0 Å². The molecule has 1 saturated carbocycles. The summed E-state index contributed by atoms with van der Waals surface area (Å²) in [6.45, 7) is 0. The molecule has 0 radical (unpaired) electrons. The van der Waals surface area contributed by atoms with Gasteiger partial charge >= 0.3 is 0 Å². The molecule has 1 heterocycles. The van der Waals surface area contributed by atoms with Crippen molar-refractivity contribution in [3.63, 3.8) is 0 Å². The van der Waals surface area contributed by atoms with Gasteiger partial charge < -0.3 is 10.3 Å². The molecule has 0 saturated heterocycles. The van der Waals surface area contributed by atoms with E-state index in [2.05, 4.69) is 10.2 Å². The Kier molecular flexibility index (Phi) is 2.68. The molecule has 1 aliphatic rings. The molecule has 5 nitrogen and oxygen atoms in total. The van der Waals surface area contributed by atoms with E-state index in [4.69, 9.17) is 11.1 Å². The van der Waals surface area contributed by atoms with Crippen molar-refractivity contribution in [1.29, 1.82) is 5.41 Å². The molecule has 15 heavy (non-hydrogen) atoms. The van der Waals surface area contributed by atoms with Gasteiger partial charge in [-0.3, -0.25) is 5.41 Å². The number of hydrogen-bond acceptors (Lipinski definition) is 4. The molecule has 6 heteroatoms. The zero-order chi connectivity index (χ0) is 10.9. The third kappa shape index (κ3) is 2.50. The van der Waals surface area contributed by atoms with Crippen molar-refractivity contribution in [1.82, 2.24) is 14.8 Å². The Bertz CT molecular complexity index is 368. The van der Waals surface area contributed by atoms with Crippen molar-refractivity contribution in [2.24, 2.45) is 18.2 Å². The van der Waals surface area contributed by atoms with Crippen LogP contribution in [0.25, 0.3) is 0 Å². The number of nitrogens with two attached hydrogens (primary N) is 1. The molecule has 0 unspecified atom stereocenters. The van der Waals surface area contributed by atoms with Gasteiger partial charge in [-0.1, -0.05) is 11.8 Å². The lowest BCUT2D eigenvalue weighted by atomic mass is 10.1. The van der Waals surface area contributed by atoms with Gasteiger partial charge in [0.25, 0.3) is 0 Å². The molecule has 1 fully saturated rings. The molecule has 2 rings (SSSR count). The smallest absolute Gasteiger partial charge is 0.190 e. The van der Waals surface area contributed by atoms with Crippen molar-refractivity contribution in [3.8, 4) is 0 Å².